The van der Waals surface area contributed by atoms with Gasteiger partial charge in [-0.3, -0.25) is 0 Å². The van der Waals surface area contributed by atoms with Crippen molar-refractivity contribution in [2.45, 2.75) is 37.8 Å². The largest absolute Gasteiger partial charge is 0.479 e. The lowest BCUT2D eigenvalue weighted by Gasteiger charge is -2.21. The van der Waals surface area contributed by atoms with Crippen LogP contribution in [0.4, 0.5) is 4.79 Å². The minimum atomic E-state index is -1.46. The van der Waals surface area contributed by atoms with Crippen LogP contribution in [0.3, 0.4) is 0 Å². The number of hydrogen-bond donors (Lipinski definition) is 3. The Hall–Kier alpha value is -1.81. The number of nitrogens with one attached hydrogen (secondary N) is 1. The molecule has 0 unspecified atom stereocenters. The summed E-state index contributed by atoms with van der Waals surface area (Å²) in [6.45, 7) is 0.483. The molecule has 1 fully saturated rings. The predicted octanol–water partition coefficient (Wildman–Crippen LogP) is -0.0903. The number of carbonyl (C=O) groups excluding carboxylic acids is 1. The molecule has 7 heteroatoms. The zero-order valence-corrected chi connectivity index (χ0v) is 10.0. The van der Waals surface area contributed by atoms with Crippen molar-refractivity contribution >= 4 is 12.0 Å². The van der Waals surface area contributed by atoms with Crippen molar-refractivity contribution in [2.24, 2.45) is 0 Å². The Labute approximate surface area is 105 Å². The topological polar surface area (TPSA) is 114 Å². The van der Waals surface area contributed by atoms with Crippen molar-refractivity contribution in [1.82, 2.24) is 10.2 Å². The predicted molar refractivity (Wildman–Crippen MR) is 61.6 cm³/mol. The smallest absolute Gasteiger partial charge is 0.332 e. The van der Waals surface area contributed by atoms with Crippen LogP contribution in [-0.2, 0) is 4.79 Å². The number of carbonyl (C=O) groups is 2. The summed E-state index contributed by atoms with van der Waals surface area (Å²) in [6, 6.07) is 1.88. The molecule has 1 atom stereocenters. The van der Waals surface area contributed by atoms with Crippen molar-refractivity contribution in [3.8, 4) is 6.07 Å². The molecule has 0 aliphatic heterocycles. The van der Waals surface area contributed by atoms with E-state index in [1.54, 1.807) is 4.90 Å². The van der Waals surface area contributed by atoms with Crippen LogP contribution < -0.4 is 5.32 Å². The lowest BCUT2D eigenvalue weighted by molar-refractivity contribution is -0.146. The minimum absolute atomic E-state index is 0.0299. The van der Waals surface area contributed by atoms with Gasteiger partial charge in [-0.25, -0.2) is 9.59 Å². The van der Waals surface area contributed by atoms with Gasteiger partial charge in [-0.2, -0.15) is 5.26 Å². The van der Waals surface area contributed by atoms with Gasteiger partial charge in [0.05, 0.1) is 12.5 Å². The van der Waals surface area contributed by atoms with Gasteiger partial charge >= 0.3 is 12.0 Å². The molecule has 0 saturated heterocycles. The molecule has 1 aliphatic rings. The summed E-state index contributed by atoms with van der Waals surface area (Å²) in [4.78, 5) is 23.7. The van der Waals surface area contributed by atoms with Crippen LogP contribution in [0.25, 0.3) is 0 Å². The van der Waals surface area contributed by atoms with Crippen LogP contribution in [0, 0.1) is 11.3 Å². The molecule has 0 aromatic carbocycles. The maximum atomic E-state index is 11.8. The molecule has 0 radical (unpaired) electrons. The van der Waals surface area contributed by atoms with E-state index in [1.807, 2.05) is 6.07 Å². The Kier molecular flexibility index (Phi) is 5.39. The Morgan fingerprint density at radius 3 is 2.67 bits per heavy atom. The summed E-state index contributed by atoms with van der Waals surface area (Å²) >= 11 is 0. The molecule has 1 aliphatic carbocycles. The lowest BCUT2D eigenvalue weighted by Crippen LogP contribution is -2.43. The number of aliphatic hydroxyl groups excluding tert-OH is 1. The highest BCUT2D eigenvalue weighted by atomic mass is 16.4. The number of amides is 2. The third-order valence-electron chi connectivity index (χ3n) is 2.69. The monoisotopic (exact) mass is 255 g/mol. The maximum absolute atomic E-state index is 11.8. The van der Waals surface area contributed by atoms with Gasteiger partial charge in [0, 0.05) is 25.6 Å². The van der Waals surface area contributed by atoms with Crippen molar-refractivity contribution in [2.75, 3.05) is 13.1 Å². The third-order valence-corrected chi connectivity index (χ3v) is 2.69. The number of carboxylic acid groups (broad SMARTS) is 1. The Bertz CT molecular complexity index is 349. The Morgan fingerprint density at radius 1 is 1.50 bits per heavy atom. The van der Waals surface area contributed by atoms with Gasteiger partial charge in [0.25, 0.3) is 0 Å². The second kappa shape index (κ2) is 6.81. The number of carboxylic acids is 1. The molecular weight excluding hydrogens is 238 g/mol. The number of urea groups is 1. The molecule has 0 spiro atoms. The second-order valence-corrected chi connectivity index (χ2v) is 4.21. The summed E-state index contributed by atoms with van der Waals surface area (Å²) in [7, 11) is 0. The van der Waals surface area contributed by atoms with Gasteiger partial charge < -0.3 is 20.4 Å². The van der Waals surface area contributed by atoms with Crippen LogP contribution in [-0.4, -0.2) is 52.3 Å². The first kappa shape index (κ1) is 14.3. The first-order valence-electron chi connectivity index (χ1n) is 5.88. The van der Waals surface area contributed by atoms with Gasteiger partial charge in [0.1, 0.15) is 0 Å². The van der Waals surface area contributed by atoms with E-state index in [9.17, 15) is 9.59 Å². The molecule has 0 aromatic heterocycles. The van der Waals surface area contributed by atoms with Gasteiger partial charge in [0.15, 0.2) is 6.10 Å². The molecule has 2 amide bonds. The summed E-state index contributed by atoms with van der Waals surface area (Å²) < 4.78 is 0. The fourth-order valence-electron chi connectivity index (χ4n) is 1.55. The molecule has 1 saturated carbocycles. The molecule has 100 valence electrons. The summed E-state index contributed by atoms with van der Waals surface area (Å²) in [5, 5.41) is 28.6. The number of nitrogens with zero attached hydrogens (tertiary/aromatic N) is 2. The van der Waals surface area contributed by atoms with Crippen LogP contribution in [0.15, 0.2) is 0 Å². The molecule has 3 N–H and O–H groups in total. The SMILES string of the molecule is N#CCCN(C(=O)NCC[C@H](O)C(=O)O)C1CC1. The van der Waals surface area contributed by atoms with Gasteiger partial charge in [-0.15, -0.1) is 0 Å². The zero-order valence-electron chi connectivity index (χ0n) is 10.0. The fraction of sp³-hybridized carbons (Fsp3) is 0.727. The van der Waals surface area contributed by atoms with Crippen molar-refractivity contribution < 1.29 is 19.8 Å². The van der Waals surface area contributed by atoms with Crippen molar-refractivity contribution in [3.05, 3.63) is 0 Å². The van der Waals surface area contributed by atoms with E-state index >= 15 is 0 Å². The van der Waals surface area contributed by atoms with Gasteiger partial charge in [0.2, 0.25) is 0 Å². The molecule has 1 rings (SSSR count). The highest BCUT2D eigenvalue weighted by Gasteiger charge is 2.32. The molecule has 7 nitrogen and oxygen atoms in total. The fourth-order valence-corrected chi connectivity index (χ4v) is 1.55. The maximum Gasteiger partial charge on any atom is 0.332 e. The standard InChI is InChI=1S/C11H17N3O4/c12-5-1-7-14(8-2-3-8)11(18)13-6-4-9(15)10(16)17/h8-9,15H,1-4,6-7H2,(H,13,18)(H,16,17)/t9-/m0/s1. The van der Waals surface area contributed by atoms with Crippen LogP contribution in [0.5, 0.6) is 0 Å². The summed E-state index contributed by atoms with van der Waals surface area (Å²) in [5.74, 6) is -1.30. The van der Waals surface area contributed by atoms with Crippen molar-refractivity contribution in [1.29, 1.82) is 5.26 Å². The van der Waals surface area contributed by atoms with E-state index in [2.05, 4.69) is 5.32 Å². The quantitative estimate of drug-likeness (QED) is 0.588. The van der Waals surface area contributed by atoms with Crippen LogP contribution >= 0.6 is 0 Å². The lowest BCUT2D eigenvalue weighted by atomic mass is 10.2. The van der Waals surface area contributed by atoms with Gasteiger partial charge in [-0.05, 0) is 12.8 Å². The first-order chi connectivity index (χ1) is 8.56. The van der Waals surface area contributed by atoms with Crippen molar-refractivity contribution in [3.63, 3.8) is 0 Å². The normalized spacial score (nSPS) is 15.6. The van der Waals surface area contributed by atoms with Crippen LogP contribution in [0.2, 0.25) is 0 Å². The van der Waals surface area contributed by atoms with E-state index < -0.39 is 12.1 Å². The Morgan fingerprint density at radius 2 is 2.17 bits per heavy atom. The highest BCUT2D eigenvalue weighted by Crippen LogP contribution is 2.26. The third kappa shape index (κ3) is 4.59. The molecular formula is C11H17N3O4. The van der Waals surface area contributed by atoms with Gasteiger partial charge in [-0.1, -0.05) is 0 Å². The minimum Gasteiger partial charge on any atom is -0.479 e. The van der Waals surface area contributed by atoms with Crippen LogP contribution in [0.1, 0.15) is 25.7 Å². The van der Waals surface area contributed by atoms with E-state index in [-0.39, 0.29) is 31.5 Å². The molecule has 0 bridgehead atoms. The number of rotatable bonds is 7. The van der Waals surface area contributed by atoms with E-state index in [1.165, 1.54) is 0 Å². The number of aliphatic hydroxyl groups is 1. The van der Waals surface area contributed by atoms with E-state index in [4.69, 9.17) is 15.5 Å². The zero-order chi connectivity index (χ0) is 13.5. The van der Waals surface area contributed by atoms with E-state index in [0.717, 1.165) is 12.8 Å². The molecule has 0 heterocycles. The summed E-state index contributed by atoms with van der Waals surface area (Å²) in [5.41, 5.74) is 0. The van der Waals surface area contributed by atoms with E-state index in [0.29, 0.717) is 6.54 Å². The second-order valence-electron chi connectivity index (χ2n) is 4.21. The summed E-state index contributed by atoms with van der Waals surface area (Å²) in [6.07, 6.45) is 0.672. The average Bonchev–Trinajstić information content (AvgIpc) is 3.13. The average molecular weight is 255 g/mol. The first-order valence-corrected chi connectivity index (χ1v) is 5.88. The number of aliphatic carboxylic acids is 1. The molecule has 18 heavy (non-hydrogen) atoms. The number of hydrogen-bond acceptors (Lipinski definition) is 4. The molecule has 0 aromatic rings. The number of nitriles is 1. The Balaban J connectivity index is 2.29. The highest BCUT2D eigenvalue weighted by molar-refractivity contribution is 5.75.